The molecule has 0 unspecified atom stereocenters. The van der Waals surface area contributed by atoms with Crippen LogP contribution in [0.1, 0.15) is 111 Å². The van der Waals surface area contributed by atoms with E-state index in [1.54, 1.807) is 12.1 Å². The van der Waals surface area contributed by atoms with E-state index in [1.165, 1.54) is 34.4 Å². The molecule has 0 radical (unpaired) electrons. The second-order valence-corrected chi connectivity index (χ2v) is 15.1. The highest BCUT2D eigenvalue weighted by Gasteiger charge is 2.37. The van der Waals surface area contributed by atoms with Crippen LogP contribution >= 0.6 is 0 Å². The molecule has 1 fully saturated rings. The highest BCUT2D eigenvalue weighted by atomic mass is 16.3. The first-order chi connectivity index (χ1) is 22.6. The zero-order valence-corrected chi connectivity index (χ0v) is 28.8. The number of hydrogen-bond acceptors (Lipinski definition) is 6. The minimum absolute atomic E-state index is 0.165. The molecule has 47 heavy (non-hydrogen) atoms. The molecule has 0 spiro atoms. The smallest absolute Gasteiger partial charge is 0.261 e. The van der Waals surface area contributed by atoms with Crippen LogP contribution < -0.4 is 4.90 Å². The normalized spacial score (nSPS) is 18.9. The van der Waals surface area contributed by atoms with E-state index >= 15 is 0 Å². The number of benzene rings is 2. The van der Waals surface area contributed by atoms with Gasteiger partial charge in [-0.25, -0.2) is 4.98 Å². The van der Waals surface area contributed by atoms with Gasteiger partial charge in [-0.3, -0.25) is 14.5 Å². The van der Waals surface area contributed by atoms with Crippen molar-refractivity contribution in [2.24, 2.45) is 0 Å². The Morgan fingerprint density at radius 3 is 2.09 bits per heavy atom. The summed E-state index contributed by atoms with van der Waals surface area (Å²) in [5, 5.41) is 9.42. The number of anilines is 1. The maximum Gasteiger partial charge on any atom is 0.261 e. The number of carbonyl (C=O) groups is 2. The van der Waals surface area contributed by atoms with Crippen molar-refractivity contribution in [3.63, 3.8) is 0 Å². The summed E-state index contributed by atoms with van der Waals surface area (Å²) in [5.74, 6) is 0.704. The van der Waals surface area contributed by atoms with Crippen LogP contribution in [0.4, 0.5) is 5.82 Å². The third-order valence-electron chi connectivity index (χ3n) is 11.0. The number of carbonyl (C=O) groups excluding carboxylic acids is 2. The summed E-state index contributed by atoms with van der Waals surface area (Å²) >= 11 is 0. The fourth-order valence-corrected chi connectivity index (χ4v) is 7.90. The van der Waals surface area contributed by atoms with Crippen LogP contribution in [0, 0.1) is 0 Å². The Labute approximate surface area is 281 Å². The van der Waals surface area contributed by atoms with Crippen LogP contribution in [0.5, 0.6) is 0 Å². The van der Waals surface area contributed by atoms with Gasteiger partial charge in [-0.2, -0.15) is 0 Å². The monoisotopic (exact) mass is 636 g/mol. The maximum atomic E-state index is 12.8. The second kappa shape index (κ2) is 13.9. The van der Waals surface area contributed by atoms with E-state index in [9.17, 15) is 14.7 Å². The molecule has 0 atom stereocenters. The molecule has 0 bridgehead atoms. The lowest BCUT2D eigenvalue weighted by atomic mass is 9.63. The average Bonchev–Trinajstić information content (AvgIpc) is 3.33. The lowest BCUT2D eigenvalue weighted by Crippen LogP contribution is -2.46. The molecule has 3 aliphatic rings. The Morgan fingerprint density at radius 1 is 0.787 bits per heavy atom. The van der Waals surface area contributed by atoms with Crippen molar-refractivity contribution >= 4 is 17.6 Å². The van der Waals surface area contributed by atoms with Gasteiger partial charge < -0.3 is 14.9 Å². The first kappa shape index (κ1) is 33.4. The van der Waals surface area contributed by atoms with Crippen molar-refractivity contribution in [1.82, 2.24) is 14.8 Å². The number of imide groups is 1. The molecule has 3 heterocycles. The summed E-state index contributed by atoms with van der Waals surface area (Å²) in [7, 11) is 0. The molecule has 3 aromatic rings. The SMILES string of the molecule is CC1(C)CCC(C)(C)c2cc(-c3cccc(N4CCC(N(CCCCO)CCCCN5C(=O)c6ccccc6C5=O)CC4)n3)ccc21. The molecule has 2 amide bonds. The van der Waals surface area contributed by atoms with Crippen molar-refractivity contribution in [3.8, 4) is 11.3 Å². The van der Waals surface area contributed by atoms with Gasteiger partial charge in [0.2, 0.25) is 0 Å². The first-order valence-corrected chi connectivity index (χ1v) is 17.8. The number of hydrogen-bond donors (Lipinski definition) is 1. The standard InChI is InChI=1S/C40H52N4O3/c1-39(2)20-21-40(3,4)34-28-29(16-17-33(34)39)35-14-11-15-36(41-35)43-25-18-30(19-26-43)42(23-9-10-27-45)22-7-8-24-44-37(46)31-12-5-6-13-32(31)38(44)47/h5-6,11-17,28,30,45H,7-10,18-27H2,1-4H3. The maximum absolute atomic E-state index is 12.8. The van der Waals surface area contributed by atoms with E-state index in [0.29, 0.717) is 23.7 Å². The summed E-state index contributed by atoms with van der Waals surface area (Å²) in [5.41, 5.74) is 6.58. The molecule has 6 rings (SSSR count). The molecule has 2 aromatic carbocycles. The number of unbranched alkanes of at least 4 members (excludes halogenated alkanes) is 2. The van der Waals surface area contributed by atoms with Crippen LogP contribution in [0.15, 0.2) is 60.7 Å². The van der Waals surface area contributed by atoms with Crippen molar-refractivity contribution in [3.05, 3.63) is 82.9 Å². The topological polar surface area (TPSA) is 77.0 Å². The number of aliphatic hydroxyl groups is 1. The highest BCUT2D eigenvalue weighted by molar-refractivity contribution is 6.21. The molecule has 1 aliphatic carbocycles. The third-order valence-corrected chi connectivity index (χ3v) is 11.0. The number of aromatic nitrogens is 1. The van der Waals surface area contributed by atoms with Crippen LogP contribution in [0.3, 0.4) is 0 Å². The number of pyridine rings is 1. The zero-order chi connectivity index (χ0) is 33.2. The van der Waals surface area contributed by atoms with Gasteiger partial charge in [-0.15, -0.1) is 0 Å². The molecule has 0 saturated carbocycles. The average molecular weight is 637 g/mol. The van der Waals surface area contributed by atoms with E-state index in [1.807, 2.05) is 12.1 Å². The zero-order valence-electron chi connectivity index (χ0n) is 28.8. The Bertz CT molecular complexity index is 1550. The quantitative estimate of drug-likeness (QED) is 0.167. The molecule has 7 nitrogen and oxygen atoms in total. The lowest BCUT2D eigenvalue weighted by molar-refractivity contribution is 0.0648. The van der Waals surface area contributed by atoms with E-state index in [2.05, 4.69) is 73.9 Å². The van der Waals surface area contributed by atoms with Gasteiger partial charge >= 0.3 is 0 Å². The Hall–Kier alpha value is -3.55. The summed E-state index contributed by atoms with van der Waals surface area (Å²) in [6, 6.07) is 21.0. The van der Waals surface area contributed by atoms with E-state index in [-0.39, 0.29) is 29.3 Å². The van der Waals surface area contributed by atoms with Gasteiger partial charge in [0.05, 0.1) is 16.8 Å². The largest absolute Gasteiger partial charge is 0.396 e. The number of amides is 2. The number of aliphatic hydroxyl groups excluding tert-OH is 1. The molecular formula is C40H52N4O3. The van der Waals surface area contributed by atoms with E-state index < -0.39 is 0 Å². The van der Waals surface area contributed by atoms with Crippen molar-refractivity contribution in [1.29, 1.82) is 0 Å². The minimum Gasteiger partial charge on any atom is -0.396 e. The van der Waals surface area contributed by atoms with Gasteiger partial charge in [-0.05, 0) is 117 Å². The Kier molecular flexibility index (Phi) is 9.86. The van der Waals surface area contributed by atoms with Crippen LogP contribution in [-0.4, -0.2) is 77.1 Å². The molecule has 7 heteroatoms. The fraction of sp³-hybridized carbons (Fsp3) is 0.525. The molecular weight excluding hydrogens is 584 g/mol. The molecule has 1 saturated heterocycles. The van der Waals surface area contributed by atoms with Crippen LogP contribution in [-0.2, 0) is 10.8 Å². The lowest BCUT2D eigenvalue weighted by Gasteiger charge is -2.42. The number of nitrogens with zero attached hydrogens (tertiary/aromatic N) is 4. The molecule has 2 aliphatic heterocycles. The predicted molar refractivity (Wildman–Crippen MR) is 189 cm³/mol. The highest BCUT2D eigenvalue weighted by Crippen LogP contribution is 2.46. The van der Waals surface area contributed by atoms with Gasteiger partial charge in [0.15, 0.2) is 0 Å². The summed E-state index contributed by atoms with van der Waals surface area (Å²) in [4.78, 5) is 37.1. The Morgan fingerprint density at radius 2 is 1.43 bits per heavy atom. The van der Waals surface area contributed by atoms with E-state index in [0.717, 1.165) is 76.2 Å². The van der Waals surface area contributed by atoms with Gasteiger partial charge in [0, 0.05) is 37.8 Å². The summed E-state index contributed by atoms with van der Waals surface area (Å²) in [6.45, 7) is 14.0. The van der Waals surface area contributed by atoms with E-state index in [4.69, 9.17) is 4.98 Å². The van der Waals surface area contributed by atoms with Crippen molar-refractivity contribution < 1.29 is 14.7 Å². The number of fused-ring (bicyclic) bond motifs is 2. The van der Waals surface area contributed by atoms with Gasteiger partial charge in [0.1, 0.15) is 5.82 Å². The second-order valence-electron chi connectivity index (χ2n) is 15.1. The van der Waals surface area contributed by atoms with Gasteiger partial charge in [-0.1, -0.05) is 58.0 Å². The summed E-state index contributed by atoms with van der Waals surface area (Å²) in [6.07, 6.45) is 8.01. The molecule has 250 valence electrons. The fourth-order valence-electron chi connectivity index (χ4n) is 7.90. The Balaban J connectivity index is 1.06. The summed E-state index contributed by atoms with van der Waals surface area (Å²) < 4.78 is 0. The first-order valence-electron chi connectivity index (χ1n) is 17.8. The van der Waals surface area contributed by atoms with Crippen molar-refractivity contribution in [2.45, 2.75) is 95.9 Å². The number of rotatable bonds is 12. The van der Waals surface area contributed by atoms with Gasteiger partial charge in [0.25, 0.3) is 11.8 Å². The molecule has 1 aromatic heterocycles. The van der Waals surface area contributed by atoms with Crippen LogP contribution in [0.25, 0.3) is 11.3 Å². The van der Waals surface area contributed by atoms with Crippen molar-refractivity contribution in [2.75, 3.05) is 44.2 Å². The molecule has 1 N–H and O–H groups in total. The predicted octanol–water partition coefficient (Wildman–Crippen LogP) is 7.22. The third kappa shape index (κ3) is 7.02. The number of piperidine rings is 1. The minimum atomic E-state index is -0.171. The van der Waals surface area contributed by atoms with Crippen LogP contribution in [0.2, 0.25) is 0 Å².